The van der Waals surface area contributed by atoms with Gasteiger partial charge in [0.1, 0.15) is 5.75 Å². The van der Waals surface area contributed by atoms with Gasteiger partial charge in [-0.3, -0.25) is 0 Å². The zero-order valence-corrected chi connectivity index (χ0v) is 11.5. The minimum absolute atomic E-state index is 0.0536. The summed E-state index contributed by atoms with van der Waals surface area (Å²) in [5, 5.41) is 3.20. The van der Waals surface area contributed by atoms with Crippen molar-refractivity contribution in [3.05, 3.63) is 58.9 Å². The second kappa shape index (κ2) is 6.04. The first kappa shape index (κ1) is 13.8. The normalized spacial score (nSPS) is 12.2. The molecule has 19 heavy (non-hydrogen) atoms. The van der Waals surface area contributed by atoms with Gasteiger partial charge >= 0.3 is 0 Å². The maximum Gasteiger partial charge on any atom is 0.184 e. The van der Waals surface area contributed by atoms with E-state index in [1.54, 1.807) is 12.1 Å². The van der Waals surface area contributed by atoms with Crippen molar-refractivity contribution in [2.75, 3.05) is 7.05 Å². The highest BCUT2D eigenvalue weighted by Crippen LogP contribution is 2.29. The van der Waals surface area contributed by atoms with Crippen LogP contribution in [0.1, 0.15) is 18.5 Å². The molecule has 0 aliphatic rings. The molecule has 100 valence electrons. The van der Waals surface area contributed by atoms with Crippen LogP contribution in [0.5, 0.6) is 11.5 Å². The summed E-state index contributed by atoms with van der Waals surface area (Å²) in [5.74, 6) is 0.159. The number of hydrogen-bond acceptors (Lipinski definition) is 2. The number of nitrogens with one attached hydrogen (secondary N) is 1. The average molecular weight is 280 g/mol. The SMILES string of the molecule is CNC(C)c1ccc(Oc2cccc(Cl)c2F)cc1. The molecule has 0 aliphatic carbocycles. The largest absolute Gasteiger partial charge is 0.454 e. The Morgan fingerprint density at radius 3 is 2.47 bits per heavy atom. The standard InChI is InChI=1S/C15H15ClFNO/c1-10(18-2)11-6-8-12(9-7-11)19-14-5-3-4-13(16)15(14)17/h3-10,18H,1-2H3. The third-order valence-corrected chi connectivity index (χ3v) is 3.25. The van der Waals surface area contributed by atoms with Crippen molar-refractivity contribution >= 4 is 11.6 Å². The summed E-state index contributed by atoms with van der Waals surface area (Å²) in [6.45, 7) is 2.06. The fraction of sp³-hybridized carbons (Fsp3) is 0.200. The van der Waals surface area contributed by atoms with Gasteiger partial charge in [0.2, 0.25) is 0 Å². The van der Waals surface area contributed by atoms with Crippen LogP contribution in [-0.2, 0) is 0 Å². The van der Waals surface area contributed by atoms with Crippen molar-refractivity contribution in [1.82, 2.24) is 5.32 Å². The first-order valence-electron chi connectivity index (χ1n) is 6.01. The third kappa shape index (κ3) is 3.25. The zero-order valence-electron chi connectivity index (χ0n) is 10.8. The molecular weight excluding hydrogens is 265 g/mol. The van der Waals surface area contributed by atoms with Crippen molar-refractivity contribution in [3.8, 4) is 11.5 Å². The Balaban J connectivity index is 2.18. The molecule has 0 aromatic heterocycles. The van der Waals surface area contributed by atoms with E-state index in [-0.39, 0.29) is 16.8 Å². The lowest BCUT2D eigenvalue weighted by Gasteiger charge is -2.12. The Hall–Kier alpha value is -1.58. The second-order valence-electron chi connectivity index (χ2n) is 4.23. The van der Waals surface area contributed by atoms with Gasteiger partial charge in [-0.25, -0.2) is 4.39 Å². The summed E-state index contributed by atoms with van der Waals surface area (Å²) in [4.78, 5) is 0. The second-order valence-corrected chi connectivity index (χ2v) is 4.64. The molecule has 4 heteroatoms. The van der Waals surface area contributed by atoms with E-state index in [0.29, 0.717) is 5.75 Å². The van der Waals surface area contributed by atoms with Crippen molar-refractivity contribution in [3.63, 3.8) is 0 Å². The predicted molar refractivity (Wildman–Crippen MR) is 75.4 cm³/mol. The Morgan fingerprint density at radius 2 is 1.84 bits per heavy atom. The van der Waals surface area contributed by atoms with Crippen LogP contribution in [0.3, 0.4) is 0 Å². The van der Waals surface area contributed by atoms with E-state index in [2.05, 4.69) is 12.2 Å². The average Bonchev–Trinajstić information content (AvgIpc) is 2.44. The van der Waals surface area contributed by atoms with E-state index < -0.39 is 5.82 Å². The molecule has 1 unspecified atom stereocenters. The van der Waals surface area contributed by atoms with Crippen LogP contribution in [0.25, 0.3) is 0 Å². The minimum Gasteiger partial charge on any atom is -0.454 e. The van der Waals surface area contributed by atoms with Crippen LogP contribution in [0.2, 0.25) is 5.02 Å². The fourth-order valence-corrected chi connectivity index (χ4v) is 1.85. The monoisotopic (exact) mass is 279 g/mol. The Morgan fingerprint density at radius 1 is 1.16 bits per heavy atom. The molecule has 0 amide bonds. The van der Waals surface area contributed by atoms with Crippen molar-refractivity contribution in [1.29, 1.82) is 0 Å². The molecule has 2 nitrogen and oxygen atoms in total. The molecule has 0 aliphatic heterocycles. The van der Waals surface area contributed by atoms with Gasteiger partial charge in [0.15, 0.2) is 11.6 Å². The first-order chi connectivity index (χ1) is 9.11. The summed E-state index contributed by atoms with van der Waals surface area (Å²) in [5.41, 5.74) is 1.14. The molecule has 2 aromatic carbocycles. The number of ether oxygens (including phenoxy) is 1. The molecule has 0 spiro atoms. The molecule has 0 radical (unpaired) electrons. The predicted octanol–water partition coefficient (Wildman–Crippen LogP) is 4.55. The Kier molecular flexibility index (Phi) is 4.40. The number of rotatable bonds is 4. The van der Waals surface area contributed by atoms with Crippen LogP contribution >= 0.6 is 11.6 Å². The summed E-state index contributed by atoms with van der Waals surface area (Å²) in [7, 11) is 1.90. The molecule has 0 saturated heterocycles. The molecular formula is C15H15ClFNO. The van der Waals surface area contributed by atoms with Gasteiger partial charge in [-0.05, 0) is 43.8 Å². The van der Waals surface area contributed by atoms with Crippen LogP contribution in [0, 0.1) is 5.82 Å². The highest BCUT2D eigenvalue weighted by Gasteiger charge is 2.09. The zero-order chi connectivity index (χ0) is 13.8. The maximum absolute atomic E-state index is 13.7. The number of hydrogen-bond donors (Lipinski definition) is 1. The number of benzene rings is 2. The lowest BCUT2D eigenvalue weighted by atomic mass is 10.1. The highest BCUT2D eigenvalue weighted by atomic mass is 35.5. The van der Waals surface area contributed by atoms with Crippen molar-refractivity contribution < 1.29 is 9.13 Å². The van der Waals surface area contributed by atoms with E-state index in [1.165, 1.54) is 6.07 Å². The summed E-state index contributed by atoms with van der Waals surface area (Å²) in [6.07, 6.45) is 0. The van der Waals surface area contributed by atoms with Gasteiger partial charge < -0.3 is 10.1 Å². The third-order valence-electron chi connectivity index (χ3n) is 2.96. The van der Waals surface area contributed by atoms with Gasteiger partial charge in [-0.1, -0.05) is 29.8 Å². The molecule has 2 rings (SSSR count). The van der Waals surface area contributed by atoms with Crippen LogP contribution in [-0.4, -0.2) is 7.05 Å². The molecule has 0 fully saturated rings. The van der Waals surface area contributed by atoms with Gasteiger partial charge in [0.05, 0.1) is 5.02 Å². The fourth-order valence-electron chi connectivity index (χ4n) is 1.68. The van der Waals surface area contributed by atoms with Crippen LogP contribution in [0.15, 0.2) is 42.5 Å². The van der Waals surface area contributed by atoms with Crippen molar-refractivity contribution in [2.45, 2.75) is 13.0 Å². The van der Waals surface area contributed by atoms with Gasteiger partial charge in [-0.15, -0.1) is 0 Å². The lowest BCUT2D eigenvalue weighted by molar-refractivity contribution is 0.442. The summed E-state index contributed by atoms with van der Waals surface area (Å²) >= 11 is 5.70. The number of halogens is 2. The molecule has 0 heterocycles. The van der Waals surface area contributed by atoms with E-state index in [1.807, 2.05) is 31.3 Å². The quantitative estimate of drug-likeness (QED) is 0.886. The molecule has 0 saturated carbocycles. The smallest absolute Gasteiger partial charge is 0.184 e. The Bertz CT molecular complexity index is 557. The minimum atomic E-state index is -0.545. The maximum atomic E-state index is 13.7. The van der Waals surface area contributed by atoms with Gasteiger partial charge in [0.25, 0.3) is 0 Å². The van der Waals surface area contributed by atoms with E-state index in [4.69, 9.17) is 16.3 Å². The van der Waals surface area contributed by atoms with Gasteiger partial charge in [-0.2, -0.15) is 0 Å². The summed E-state index contributed by atoms with van der Waals surface area (Å²) < 4.78 is 19.2. The molecule has 2 aromatic rings. The van der Waals surface area contributed by atoms with Gasteiger partial charge in [0, 0.05) is 6.04 Å². The summed E-state index contributed by atoms with van der Waals surface area (Å²) in [6, 6.07) is 12.5. The molecule has 0 bridgehead atoms. The van der Waals surface area contributed by atoms with Crippen LogP contribution in [0.4, 0.5) is 4.39 Å². The lowest BCUT2D eigenvalue weighted by Crippen LogP contribution is -2.11. The van der Waals surface area contributed by atoms with Crippen molar-refractivity contribution in [2.24, 2.45) is 0 Å². The molecule has 1 atom stereocenters. The van der Waals surface area contributed by atoms with E-state index >= 15 is 0 Å². The highest BCUT2D eigenvalue weighted by molar-refractivity contribution is 6.30. The molecule has 1 N–H and O–H groups in total. The first-order valence-corrected chi connectivity index (χ1v) is 6.38. The Labute approximate surface area is 117 Å². The van der Waals surface area contributed by atoms with E-state index in [0.717, 1.165) is 5.56 Å². The van der Waals surface area contributed by atoms with Crippen LogP contribution < -0.4 is 10.1 Å². The van der Waals surface area contributed by atoms with E-state index in [9.17, 15) is 4.39 Å². The topological polar surface area (TPSA) is 21.3 Å².